The molecule has 3 aromatic carbocycles. The van der Waals surface area contributed by atoms with Crippen molar-refractivity contribution < 1.29 is 19.1 Å². The Morgan fingerprint density at radius 2 is 1.54 bits per heavy atom. The van der Waals surface area contributed by atoms with E-state index in [1.54, 1.807) is 32.4 Å². The number of nitrogens with zero attached hydrogens (tertiary/aromatic N) is 2. The summed E-state index contributed by atoms with van der Waals surface area (Å²) in [6.45, 7) is 2.79. The van der Waals surface area contributed by atoms with Crippen molar-refractivity contribution in [2.75, 3.05) is 27.3 Å². The second-order valence-electron chi connectivity index (χ2n) is 8.81. The zero-order valence-corrected chi connectivity index (χ0v) is 20.0. The second-order valence-corrected chi connectivity index (χ2v) is 8.81. The largest absolute Gasteiger partial charge is 0.493 e. The maximum absolute atomic E-state index is 13.5. The van der Waals surface area contributed by atoms with E-state index >= 15 is 0 Å². The van der Waals surface area contributed by atoms with Crippen molar-refractivity contribution in [3.05, 3.63) is 101 Å². The number of ether oxygens (including phenoxy) is 2. The summed E-state index contributed by atoms with van der Waals surface area (Å²) >= 11 is 0. The van der Waals surface area contributed by atoms with E-state index in [0.29, 0.717) is 22.6 Å². The van der Waals surface area contributed by atoms with Gasteiger partial charge in [0, 0.05) is 19.6 Å². The first-order chi connectivity index (χ1) is 17.1. The Hall–Kier alpha value is -3.90. The van der Waals surface area contributed by atoms with E-state index in [9.17, 15) is 9.59 Å². The molecule has 2 aliphatic heterocycles. The summed E-state index contributed by atoms with van der Waals surface area (Å²) in [6.07, 6.45) is 3.03. The number of benzene rings is 3. The monoisotopic (exact) mass is 468 g/mol. The number of amides is 2. The van der Waals surface area contributed by atoms with Crippen LogP contribution in [-0.2, 0) is 13.1 Å². The van der Waals surface area contributed by atoms with Crippen LogP contribution in [-0.4, -0.2) is 48.9 Å². The van der Waals surface area contributed by atoms with Crippen molar-refractivity contribution in [3.63, 3.8) is 0 Å². The number of rotatable bonds is 7. The smallest absolute Gasteiger partial charge is 0.262 e. The molecule has 0 N–H and O–H groups in total. The van der Waals surface area contributed by atoms with Crippen LogP contribution in [0.5, 0.6) is 11.5 Å². The average molecular weight is 469 g/mol. The van der Waals surface area contributed by atoms with Crippen LogP contribution in [0.4, 0.5) is 0 Å². The molecule has 0 aliphatic carbocycles. The van der Waals surface area contributed by atoms with Gasteiger partial charge >= 0.3 is 0 Å². The summed E-state index contributed by atoms with van der Waals surface area (Å²) in [5, 5.41) is 0. The minimum atomic E-state index is -0.260. The number of imide groups is 1. The van der Waals surface area contributed by atoms with E-state index < -0.39 is 0 Å². The number of hydrogen-bond acceptors (Lipinski definition) is 5. The lowest BCUT2D eigenvalue weighted by Gasteiger charge is -2.27. The molecule has 0 saturated carbocycles. The van der Waals surface area contributed by atoms with Gasteiger partial charge in [0.05, 0.1) is 31.9 Å². The molecule has 0 radical (unpaired) electrons. The third-order valence-electron chi connectivity index (χ3n) is 6.68. The Labute approximate surface area is 205 Å². The van der Waals surface area contributed by atoms with Crippen molar-refractivity contribution in [3.8, 4) is 11.5 Å². The highest BCUT2D eigenvalue weighted by atomic mass is 16.5. The quantitative estimate of drug-likeness (QED) is 0.467. The van der Waals surface area contributed by atoms with Gasteiger partial charge in [-0.25, -0.2) is 0 Å². The van der Waals surface area contributed by atoms with E-state index in [4.69, 9.17) is 9.47 Å². The number of hydrogen-bond donors (Lipinski definition) is 0. The molecule has 0 atom stereocenters. The van der Waals surface area contributed by atoms with Crippen molar-refractivity contribution in [2.45, 2.75) is 19.5 Å². The Balaban J connectivity index is 1.36. The molecule has 5 rings (SSSR count). The lowest BCUT2D eigenvalue weighted by molar-refractivity contribution is 0.0642. The highest BCUT2D eigenvalue weighted by molar-refractivity contribution is 6.23. The number of methoxy groups -OCH3 is 2. The third kappa shape index (κ3) is 4.45. The Bertz CT molecular complexity index is 1300. The first-order valence-electron chi connectivity index (χ1n) is 11.7. The van der Waals surface area contributed by atoms with E-state index in [2.05, 4.69) is 35.2 Å². The van der Waals surface area contributed by atoms with E-state index in [1.165, 1.54) is 10.5 Å². The molecule has 2 amide bonds. The fraction of sp³-hybridized carbons (Fsp3) is 0.241. The Morgan fingerprint density at radius 1 is 0.771 bits per heavy atom. The van der Waals surface area contributed by atoms with Gasteiger partial charge in [-0.15, -0.1) is 0 Å². The summed E-state index contributed by atoms with van der Waals surface area (Å²) in [5.74, 6) is 0.660. The molecule has 2 heterocycles. The first kappa shape index (κ1) is 22.9. The fourth-order valence-electron chi connectivity index (χ4n) is 4.85. The first-order valence-corrected chi connectivity index (χ1v) is 11.7. The zero-order valence-electron chi connectivity index (χ0n) is 20.0. The van der Waals surface area contributed by atoms with Gasteiger partial charge in [-0.2, -0.15) is 0 Å². The van der Waals surface area contributed by atoms with Crippen molar-refractivity contribution in [2.24, 2.45) is 0 Å². The van der Waals surface area contributed by atoms with Crippen molar-refractivity contribution in [1.82, 2.24) is 9.80 Å². The maximum Gasteiger partial charge on any atom is 0.262 e. The molecule has 6 nitrogen and oxygen atoms in total. The van der Waals surface area contributed by atoms with Crippen molar-refractivity contribution in [1.29, 1.82) is 0 Å². The van der Waals surface area contributed by atoms with Gasteiger partial charge in [0.1, 0.15) is 0 Å². The van der Waals surface area contributed by atoms with Gasteiger partial charge in [0.25, 0.3) is 11.8 Å². The standard InChI is InChI=1S/C29H28N2O4/c1-34-25-12-11-21(17-26(25)35-2)19-31-28(32)24-10-6-9-23(27(24)29(31)33)22-13-15-30(16-14-22)18-20-7-4-3-5-8-20/h3-13,17H,14-16,18-19H2,1-2H3. The normalized spacial score (nSPS) is 15.7. The van der Waals surface area contributed by atoms with Crippen LogP contribution < -0.4 is 9.47 Å². The molecule has 0 unspecified atom stereocenters. The maximum atomic E-state index is 13.5. The molecule has 0 fully saturated rings. The minimum absolute atomic E-state index is 0.177. The van der Waals surface area contributed by atoms with Gasteiger partial charge in [0.2, 0.25) is 0 Å². The average Bonchev–Trinajstić information content (AvgIpc) is 3.14. The lowest BCUT2D eigenvalue weighted by Crippen LogP contribution is -2.29. The summed E-state index contributed by atoms with van der Waals surface area (Å²) in [4.78, 5) is 30.4. The minimum Gasteiger partial charge on any atom is -0.493 e. The van der Waals surface area contributed by atoms with Crippen LogP contribution in [0, 0.1) is 0 Å². The van der Waals surface area contributed by atoms with E-state index in [1.807, 2.05) is 24.3 Å². The summed E-state index contributed by atoms with van der Waals surface area (Å²) in [6, 6.07) is 21.4. The molecule has 6 heteroatoms. The lowest BCUT2D eigenvalue weighted by atomic mass is 9.92. The highest BCUT2D eigenvalue weighted by Gasteiger charge is 2.38. The zero-order chi connectivity index (χ0) is 24.4. The van der Waals surface area contributed by atoms with Gasteiger partial charge < -0.3 is 9.47 Å². The van der Waals surface area contributed by atoms with Crippen LogP contribution >= 0.6 is 0 Å². The number of carbonyl (C=O) groups is 2. The Morgan fingerprint density at radius 3 is 2.26 bits per heavy atom. The molecule has 3 aromatic rings. The predicted octanol–water partition coefficient (Wildman–Crippen LogP) is 4.79. The van der Waals surface area contributed by atoms with Crippen LogP contribution in [0.2, 0.25) is 0 Å². The summed E-state index contributed by atoms with van der Waals surface area (Å²) in [5.41, 5.74) is 5.07. The second kappa shape index (κ2) is 9.76. The molecule has 0 bridgehead atoms. The van der Waals surface area contributed by atoms with Crippen LogP contribution in [0.1, 0.15) is 43.8 Å². The predicted molar refractivity (Wildman–Crippen MR) is 135 cm³/mol. The van der Waals surface area contributed by atoms with E-state index in [-0.39, 0.29) is 18.4 Å². The third-order valence-corrected chi connectivity index (χ3v) is 6.68. The molecule has 35 heavy (non-hydrogen) atoms. The SMILES string of the molecule is COc1ccc(CN2C(=O)c3cccc(C4=CCN(Cc5ccccc5)CC4)c3C2=O)cc1OC. The molecule has 0 aromatic heterocycles. The number of fused-ring (bicyclic) bond motifs is 1. The van der Waals surface area contributed by atoms with Crippen LogP contribution in [0.15, 0.2) is 72.8 Å². The summed E-state index contributed by atoms with van der Waals surface area (Å²) < 4.78 is 10.7. The van der Waals surface area contributed by atoms with Crippen LogP contribution in [0.3, 0.4) is 0 Å². The molecule has 0 spiro atoms. The van der Waals surface area contributed by atoms with Gasteiger partial charge in [-0.3, -0.25) is 19.4 Å². The molecular weight excluding hydrogens is 440 g/mol. The molecule has 178 valence electrons. The van der Waals surface area contributed by atoms with Crippen molar-refractivity contribution >= 4 is 17.4 Å². The summed E-state index contributed by atoms with van der Waals surface area (Å²) in [7, 11) is 3.14. The molecule has 0 saturated heterocycles. The van der Waals surface area contributed by atoms with Gasteiger partial charge in [-0.05, 0) is 46.9 Å². The number of carbonyl (C=O) groups excluding carboxylic acids is 2. The topological polar surface area (TPSA) is 59.1 Å². The van der Waals surface area contributed by atoms with Gasteiger partial charge in [0.15, 0.2) is 11.5 Å². The Kier molecular flexibility index (Phi) is 6.38. The van der Waals surface area contributed by atoms with Gasteiger partial charge in [-0.1, -0.05) is 54.6 Å². The van der Waals surface area contributed by atoms with E-state index in [0.717, 1.165) is 42.8 Å². The fourth-order valence-corrected chi connectivity index (χ4v) is 4.85. The molecular formula is C29H28N2O4. The van der Waals surface area contributed by atoms with Crippen LogP contribution in [0.25, 0.3) is 5.57 Å². The highest BCUT2D eigenvalue weighted by Crippen LogP contribution is 2.35. The molecule has 2 aliphatic rings.